The highest BCUT2D eigenvalue weighted by Gasteiger charge is 2.01. The lowest BCUT2D eigenvalue weighted by molar-refractivity contribution is 0.608. The van der Waals surface area contributed by atoms with Gasteiger partial charge in [-0.3, -0.25) is 0 Å². The maximum absolute atomic E-state index is 13.0. The summed E-state index contributed by atoms with van der Waals surface area (Å²) in [4.78, 5) is 4.04. The van der Waals surface area contributed by atoms with Crippen molar-refractivity contribution in [3.8, 4) is 0 Å². The summed E-state index contributed by atoms with van der Waals surface area (Å²) in [7, 11) is 0. The van der Waals surface area contributed by atoms with Gasteiger partial charge in [0.25, 0.3) is 0 Å². The number of hydrogen-bond donors (Lipinski definition) is 0. The van der Waals surface area contributed by atoms with Crippen LogP contribution in [-0.4, -0.2) is 4.98 Å². The van der Waals surface area contributed by atoms with Gasteiger partial charge in [0.2, 0.25) is 0 Å². The third-order valence-corrected chi connectivity index (χ3v) is 3.25. The third-order valence-electron chi connectivity index (χ3n) is 2.25. The normalized spacial score (nSPS) is 10.4. The van der Waals surface area contributed by atoms with E-state index in [0.29, 0.717) is 5.56 Å². The van der Waals surface area contributed by atoms with Crippen molar-refractivity contribution in [3.05, 3.63) is 59.5 Å². The molecule has 2 rings (SSSR count). The topological polar surface area (TPSA) is 12.9 Å². The third kappa shape index (κ3) is 2.83. The molecule has 1 aromatic heterocycles. The predicted molar refractivity (Wildman–Crippen MR) is 64.9 cm³/mol. The number of halogens is 1. The Morgan fingerprint density at radius 2 is 2.00 bits per heavy atom. The summed E-state index contributed by atoms with van der Waals surface area (Å²) in [5.74, 6) is 0.614. The SMILES string of the molecule is Cc1cc(SCc2ccccc2)ncc1F. The second-order valence-corrected chi connectivity index (χ2v) is 4.54. The number of benzene rings is 1. The molecule has 0 aliphatic rings. The van der Waals surface area contributed by atoms with Crippen LogP contribution in [0.25, 0.3) is 0 Å². The first kappa shape index (κ1) is 11.1. The first-order valence-corrected chi connectivity index (χ1v) is 6.03. The number of thioether (sulfide) groups is 1. The van der Waals surface area contributed by atoms with Crippen LogP contribution in [0.5, 0.6) is 0 Å². The Labute approximate surface area is 98.7 Å². The van der Waals surface area contributed by atoms with E-state index in [1.165, 1.54) is 11.8 Å². The highest BCUT2D eigenvalue weighted by Crippen LogP contribution is 2.21. The molecule has 0 saturated heterocycles. The second-order valence-electron chi connectivity index (χ2n) is 3.55. The lowest BCUT2D eigenvalue weighted by Crippen LogP contribution is -1.88. The molecule has 0 amide bonds. The Balaban J connectivity index is 2.03. The van der Waals surface area contributed by atoms with E-state index < -0.39 is 0 Å². The Bertz CT molecular complexity index is 471. The molecule has 2 aromatic rings. The van der Waals surface area contributed by atoms with Gasteiger partial charge in [-0.05, 0) is 24.1 Å². The van der Waals surface area contributed by atoms with E-state index in [1.807, 2.05) is 18.2 Å². The van der Waals surface area contributed by atoms with Crippen molar-refractivity contribution >= 4 is 11.8 Å². The van der Waals surface area contributed by atoms with Gasteiger partial charge in [0.05, 0.1) is 11.2 Å². The number of hydrogen-bond acceptors (Lipinski definition) is 2. The van der Waals surface area contributed by atoms with Crippen molar-refractivity contribution in [3.63, 3.8) is 0 Å². The Hall–Kier alpha value is -1.35. The summed E-state index contributed by atoms with van der Waals surface area (Å²) < 4.78 is 13.0. The van der Waals surface area contributed by atoms with Crippen molar-refractivity contribution < 1.29 is 4.39 Å². The summed E-state index contributed by atoms with van der Waals surface area (Å²) in [6.07, 6.45) is 1.28. The monoisotopic (exact) mass is 233 g/mol. The average Bonchev–Trinajstić information content (AvgIpc) is 2.32. The molecule has 1 heterocycles. The number of aromatic nitrogens is 1. The molecule has 16 heavy (non-hydrogen) atoms. The average molecular weight is 233 g/mol. The van der Waals surface area contributed by atoms with Gasteiger partial charge < -0.3 is 0 Å². The van der Waals surface area contributed by atoms with Crippen LogP contribution in [0.1, 0.15) is 11.1 Å². The van der Waals surface area contributed by atoms with Crippen molar-refractivity contribution in [2.45, 2.75) is 17.7 Å². The Morgan fingerprint density at radius 3 is 2.69 bits per heavy atom. The molecule has 0 saturated carbocycles. The van der Waals surface area contributed by atoms with Crippen LogP contribution in [0.15, 0.2) is 47.6 Å². The molecule has 0 atom stereocenters. The van der Waals surface area contributed by atoms with E-state index in [2.05, 4.69) is 17.1 Å². The van der Waals surface area contributed by atoms with Gasteiger partial charge in [0.15, 0.2) is 0 Å². The maximum atomic E-state index is 13.0. The first-order chi connectivity index (χ1) is 7.75. The van der Waals surface area contributed by atoms with Gasteiger partial charge in [0, 0.05) is 5.75 Å². The fourth-order valence-corrected chi connectivity index (χ4v) is 2.22. The lowest BCUT2D eigenvalue weighted by atomic mass is 10.2. The number of pyridine rings is 1. The summed E-state index contributed by atoms with van der Waals surface area (Å²) in [6, 6.07) is 11.9. The zero-order chi connectivity index (χ0) is 11.4. The summed E-state index contributed by atoms with van der Waals surface area (Å²) in [5.41, 5.74) is 1.89. The molecule has 0 aliphatic carbocycles. The Kier molecular flexibility index (Phi) is 3.57. The molecular weight excluding hydrogens is 221 g/mol. The van der Waals surface area contributed by atoms with Crippen LogP contribution in [0.4, 0.5) is 4.39 Å². The van der Waals surface area contributed by atoms with E-state index in [9.17, 15) is 4.39 Å². The molecule has 1 nitrogen and oxygen atoms in total. The quantitative estimate of drug-likeness (QED) is 0.747. The lowest BCUT2D eigenvalue weighted by Gasteiger charge is -2.02. The molecule has 3 heteroatoms. The van der Waals surface area contributed by atoms with Crippen LogP contribution in [0.3, 0.4) is 0 Å². The summed E-state index contributed by atoms with van der Waals surface area (Å²) >= 11 is 1.62. The van der Waals surface area contributed by atoms with Crippen LogP contribution in [0, 0.1) is 12.7 Å². The largest absolute Gasteiger partial charge is 0.247 e. The van der Waals surface area contributed by atoms with Crippen molar-refractivity contribution in [2.24, 2.45) is 0 Å². The van der Waals surface area contributed by atoms with Crippen molar-refractivity contribution in [2.75, 3.05) is 0 Å². The molecule has 82 valence electrons. The molecule has 1 aromatic carbocycles. The van der Waals surface area contributed by atoms with Crippen LogP contribution in [-0.2, 0) is 5.75 Å². The van der Waals surface area contributed by atoms with Crippen molar-refractivity contribution in [1.29, 1.82) is 0 Å². The maximum Gasteiger partial charge on any atom is 0.144 e. The zero-order valence-corrected chi connectivity index (χ0v) is 9.80. The minimum Gasteiger partial charge on any atom is -0.247 e. The van der Waals surface area contributed by atoms with Gasteiger partial charge in [-0.1, -0.05) is 30.3 Å². The number of aryl methyl sites for hydroxylation is 1. The van der Waals surface area contributed by atoms with Gasteiger partial charge in [-0.25, -0.2) is 9.37 Å². The molecule has 0 radical (unpaired) electrons. The predicted octanol–water partition coefficient (Wildman–Crippen LogP) is 3.82. The Morgan fingerprint density at radius 1 is 1.25 bits per heavy atom. The van der Waals surface area contributed by atoms with E-state index in [-0.39, 0.29) is 5.82 Å². The van der Waals surface area contributed by atoms with E-state index in [4.69, 9.17) is 0 Å². The molecular formula is C13H12FNS. The van der Waals surface area contributed by atoms with E-state index >= 15 is 0 Å². The number of rotatable bonds is 3. The first-order valence-electron chi connectivity index (χ1n) is 5.04. The highest BCUT2D eigenvalue weighted by molar-refractivity contribution is 7.98. The van der Waals surface area contributed by atoms with Gasteiger partial charge in [-0.2, -0.15) is 0 Å². The summed E-state index contributed by atoms with van der Waals surface area (Å²) in [6.45, 7) is 1.75. The smallest absolute Gasteiger partial charge is 0.144 e. The van der Waals surface area contributed by atoms with E-state index in [1.54, 1.807) is 24.8 Å². The van der Waals surface area contributed by atoms with E-state index in [0.717, 1.165) is 10.8 Å². The minimum atomic E-state index is -0.246. The highest BCUT2D eigenvalue weighted by atomic mass is 32.2. The molecule has 0 aliphatic heterocycles. The standard InChI is InChI=1S/C13H12FNS/c1-10-7-13(15-8-12(10)14)16-9-11-5-3-2-4-6-11/h2-8H,9H2,1H3. The fraction of sp³-hybridized carbons (Fsp3) is 0.154. The van der Waals surface area contributed by atoms with Gasteiger partial charge in [-0.15, -0.1) is 11.8 Å². The molecule has 0 N–H and O–H groups in total. The van der Waals surface area contributed by atoms with Crippen LogP contribution >= 0.6 is 11.8 Å². The minimum absolute atomic E-state index is 0.246. The number of nitrogens with zero attached hydrogens (tertiary/aromatic N) is 1. The van der Waals surface area contributed by atoms with Gasteiger partial charge >= 0.3 is 0 Å². The zero-order valence-electron chi connectivity index (χ0n) is 8.98. The van der Waals surface area contributed by atoms with Gasteiger partial charge in [0.1, 0.15) is 5.82 Å². The molecule has 0 unspecified atom stereocenters. The van der Waals surface area contributed by atoms with Crippen LogP contribution in [0.2, 0.25) is 0 Å². The molecule has 0 fully saturated rings. The van der Waals surface area contributed by atoms with Crippen LogP contribution < -0.4 is 0 Å². The molecule has 0 bridgehead atoms. The molecule has 0 spiro atoms. The summed E-state index contributed by atoms with van der Waals surface area (Å²) in [5, 5.41) is 0.864. The van der Waals surface area contributed by atoms with Crippen molar-refractivity contribution in [1.82, 2.24) is 4.98 Å². The second kappa shape index (κ2) is 5.12. The fourth-order valence-electron chi connectivity index (χ4n) is 1.32.